The van der Waals surface area contributed by atoms with Crippen LogP contribution in [-0.4, -0.2) is 33.5 Å². The van der Waals surface area contributed by atoms with E-state index < -0.39 is 5.91 Å². The summed E-state index contributed by atoms with van der Waals surface area (Å²) in [6.45, 7) is 0. The highest BCUT2D eigenvalue weighted by molar-refractivity contribution is 6.38. The number of carbonyl (C=O) groups excluding carboxylic acids is 1. The van der Waals surface area contributed by atoms with Crippen molar-refractivity contribution in [1.29, 1.82) is 0 Å². The highest BCUT2D eigenvalue weighted by atomic mass is 35.5. The van der Waals surface area contributed by atoms with Gasteiger partial charge in [0, 0.05) is 5.56 Å². The molecular formula is C17H16Cl2N2O4. The Bertz CT molecular complexity index is 809. The first-order valence-corrected chi connectivity index (χ1v) is 7.85. The summed E-state index contributed by atoms with van der Waals surface area (Å²) in [6, 6.07) is 8.39. The SMILES string of the molecule is COc1ccccc1C(=O)N/N=C/c1cc(Cl)c(OC)c(Cl)c1OC. The molecule has 0 fully saturated rings. The quantitative estimate of drug-likeness (QED) is 0.609. The third kappa shape index (κ3) is 4.15. The molecule has 0 heterocycles. The molecule has 2 rings (SSSR count). The maximum atomic E-state index is 12.2. The molecule has 2 aromatic rings. The van der Waals surface area contributed by atoms with Gasteiger partial charge in [0.05, 0.1) is 38.1 Å². The molecule has 0 saturated heterocycles. The van der Waals surface area contributed by atoms with Crippen molar-refractivity contribution in [2.75, 3.05) is 21.3 Å². The fourth-order valence-electron chi connectivity index (χ4n) is 2.15. The van der Waals surface area contributed by atoms with E-state index in [-0.39, 0.29) is 5.02 Å². The van der Waals surface area contributed by atoms with Crippen molar-refractivity contribution < 1.29 is 19.0 Å². The molecule has 25 heavy (non-hydrogen) atoms. The summed E-state index contributed by atoms with van der Waals surface area (Å²) in [5, 5.41) is 4.44. The summed E-state index contributed by atoms with van der Waals surface area (Å²) in [4.78, 5) is 12.2. The minimum absolute atomic E-state index is 0.218. The molecule has 0 unspecified atom stereocenters. The number of para-hydroxylation sites is 1. The molecule has 0 aliphatic rings. The third-order valence-electron chi connectivity index (χ3n) is 3.29. The normalized spacial score (nSPS) is 10.6. The van der Waals surface area contributed by atoms with E-state index in [2.05, 4.69) is 10.5 Å². The van der Waals surface area contributed by atoms with Crippen LogP contribution in [0, 0.1) is 0 Å². The second-order valence-corrected chi connectivity index (χ2v) is 5.51. The van der Waals surface area contributed by atoms with Crippen molar-refractivity contribution in [3.8, 4) is 17.2 Å². The standard InChI is InChI=1S/C17H16Cl2N2O4/c1-23-13-7-5-4-6-11(13)17(22)21-20-9-10-8-12(18)16(25-3)14(19)15(10)24-2/h4-9H,1-3H3,(H,21,22)/b20-9+. The Kier molecular flexibility index (Phi) is 6.50. The summed E-state index contributed by atoms with van der Waals surface area (Å²) >= 11 is 12.3. The first-order chi connectivity index (χ1) is 12.0. The maximum Gasteiger partial charge on any atom is 0.275 e. The molecule has 0 atom stereocenters. The van der Waals surface area contributed by atoms with Crippen molar-refractivity contribution in [1.82, 2.24) is 5.43 Å². The molecule has 1 amide bonds. The number of benzene rings is 2. The average molecular weight is 383 g/mol. The Morgan fingerprint density at radius 3 is 2.40 bits per heavy atom. The van der Waals surface area contributed by atoms with Gasteiger partial charge < -0.3 is 14.2 Å². The van der Waals surface area contributed by atoms with Crippen molar-refractivity contribution in [3.05, 3.63) is 51.5 Å². The van der Waals surface area contributed by atoms with E-state index in [0.717, 1.165) is 0 Å². The number of amides is 1. The second-order valence-electron chi connectivity index (χ2n) is 4.73. The number of hydrogen-bond donors (Lipinski definition) is 1. The van der Waals surface area contributed by atoms with Crippen LogP contribution in [0.1, 0.15) is 15.9 Å². The fourth-order valence-corrected chi connectivity index (χ4v) is 2.85. The lowest BCUT2D eigenvalue weighted by Crippen LogP contribution is -2.18. The van der Waals surface area contributed by atoms with Gasteiger partial charge in [-0.2, -0.15) is 5.10 Å². The Hall–Kier alpha value is -2.44. The minimum atomic E-state index is -0.418. The molecule has 0 bridgehead atoms. The van der Waals surface area contributed by atoms with Gasteiger partial charge in [0.25, 0.3) is 5.91 Å². The molecule has 1 N–H and O–H groups in total. The summed E-state index contributed by atoms with van der Waals surface area (Å²) in [6.07, 6.45) is 1.38. The van der Waals surface area contributed by atoms with Gasteiger partial charge in [0.15, 0.2) is 5.75 Å². The zero-order chi connectivity index (χ0) is 18.4. The summed E-state index contributed by atoms with van der Waals surface area (Å²) in [7, 11) is 4.40. The first-order valence-electron chi connectivity index (χ1n) is 7.09. The van der Waals surface area contributed by atoms with Crippen LogP contribution in [0.15, 0.2) is 35.4 Å². The topological polar surface area (TPSA) is 69.2 Å². The van der Waals surface area contributed by atoms with E-state index >= 15 is 0 Å². The summed E-state index contributed by atoms with van der Waals surface area (Å²) in [5.41, 5.74) is 3.26. The highest BCUT2D eigenvalue weighted by Crippen LogP contribution is 2.41. The molecule has 8 heteroatoms. The Morgan fingerprint density at radius 1 is 1.08 bits per heavy atom. The first kappa shape index (κ1) is 18.9. The second kappa shape index (κ2) is 8.60. The number of halogens is 2. The lowest BCUT2D eigenvalue weighted by molar-refractivity contribution is 0.0952. The predicted molar refractivity (Wildman–Crippen MR) is 97.6 cm³/mol. The van der Waals surface area contributed by atoms with Crippen molar-refractivity contribution >= 4 is 35.3 Å². The minimum Gasteiger partial charge on any atom is -0.496 e. The van der Waals surface area contributed by atoms with Crippen LogP contribution >= 0.6 is 23.2 Å². The number of methoxy groups -OCH3 is 3. The molecule has 0 saturated carbocycles. The number of nitrogens with one attached hydrogen (secondary N) is 1. The molecule has 0 aliphatic carbocycles. The van der Waals surface area contributed by atoms with E-state index in [1.165, 1.54) is 27.5 Å². The zero-order valence-corrected chi connectivity index (χ0v) is 15.3. The third-order valence-corrected chi connectivity index (χ3v) is 3.91. The Balaban J connectivity index is 2.24. The van der Waals surface area contributed by atoms with E-state index in [1.54, 1.807) is 30.3 Å². The summed E-state index contributed by atoms with van der Waals surface area (Å²) in [5.74, 6) is 0.662. The number of hydrazone groups is 1. The maximum absolute atomic E-state index is 12.2. The molecule has 132 valence electrons. The van der Waals surface area contributed by atoms with Gasteiger partial charge in [0.1, 0.15) is 16.5 Å². The molecule has 0 spiro atoms. The lowest BCUT2D eigenvalue weighted by atomic mass is 10.2. The van der Waals surface area contributed by atoms with E-state index in [4.69, 9.17) is 37.4 Å². The van der Waals surface area contributed by atoms with Gasteiger partial charge in [0.2, 0.25) is 0 Å². The van der Waals surface area contributed by atoms with Crippen LogP contribution in [0.5, 0.6) is 17.2 Å². The van der Waals surface area contributed by atoms with Crippen LogP contribution in [0.3, 0.4) is 0 Å². The van der Waals surface area contributed by atoms with Gasteiger partial charge in [-0.3, -0.25) is 4.79 Å². The largest absolute Gasteiger partial charge is 0.496 e. The number of carbonyl (C=O) groups is 1. The van der Waals surface area contributed by atoms with Crippen molar-refractivity contribution in [3.63, 3.8) is 0 Å². The smallest absolute Gasteiger partial charge is 0.275 e. The molecule has 6 nitrogen and oxygen atoms in total. The van der Waals surface area contributed by atoms with E-state index in [1.807, 2.05) is 0 Å². The molecule has 2 aromatic carbocycles. The van der Waals surface area contributed by atoms with Gasteiger partial charge in [-0.05, 0) is 18.2 Å². The van der Waals surface area contributed by atoms with Crippen molar-refractivity contribution in [2.45, 2.75) is 0 Å². The molecule has 0 aliphatic heterocycles. The van der Waals surface area contributed by atoms with Gasteiger partial charge in [-0.15, -0.1) is 0 Å². The van der Waals surface area contributed by atoms with Crippen molar-refractivity contribution in [2.24, 2.45) is 5.10 Å². The number of rotatable bonds is 6. The van der Waals surface area contributed by atoms with E-state index in [9.17, 15) is 4.79 Å². The Morgan fingerprint density at radius 2 is 1.76 bits per heavy atom. The van der Waals surface area contributed by atoms with E-state index in [0.29, 0.717) is 33.4 Å². The highest BCUT2D eigenvalue weighted by Gasteiger charge is 2.17. The Labute approximate surface area is 155 Å². The summed E-state index contributed by atoms with van der Waals surface area (Å²) < 4.78 is 15.5. The molecule has 0 radical (unpaired) electrons. The zero-order valence-electron chi connectivity index (χ0n) is 13.8. The molecular weight excluding hydrogens is 367 g/mol. The number of nitrogens with zero attached hydrogens (tertiary/aromatic N) is 1. The fraction of sp³-hybridized carbons (Fsp3) is 0.176. The lowest BCUT2D eigenvalue weighted by Gasteiger charge is -2.12. The monoisotopic (exact) mass is 382 g/mol. The van der Waals surface area contributed by atoms with Crippen LogP contribution in [0.25, 0.3) is 0 Å². The number of ether oxygens (including phenoxy) is 3. The van der Waals surface area contributed by atoms with Crippen LogP contribution in [-0.2, 0) is 0 Å². The van der Waals surface area contributed by atoms with Gasteiger partial charge >= 0.3 is 0 Å². The predicted octanol–water partition coefficient (Wildman–Crippen LogP) is 3.78. The van der Waals surface area contributed by atoms with Gasteiger partial charge in [-0.1, -0.05) is 35.3 Å². The average Bonchev–Trinajstić information content (AvgIpc) is 2.62. The molecule has 0 aromatic heterocycles. The van der Waals surface area contributed by atoms with Crippen LogP contribution in [0.4, 0.5) is 0 Å². The van der Waals surface area contributed by atoms with Gasteiger partial charge in [-0.25, -0.2) is 5.43 Å². The van der Waals surface area contributed by atoms with Crippen LogP contribution < -0.4 is 19.6 Å². The number of hydrogen-bond acceptors (Lipinski definition) is 5. The van der Waals surface area contributed by atoms with Crippen LogP contribution in [0.2, 0.25) is 10.0 Å².